The monoisotopic (exact) mass is 397 g/mol. The Hall–Kier alpha value is -2.64. The maximum absolute atomic E-state index is 12.7. The van der Waals surface area contributed by atoms with E-state index >= 15 is 0 Å². The van der Waals surface area contributed by atoms with Gasteiger partial charge in [0.25, 0.3) is 0 Å². The van der Waals surface area contributed by atoms with E-state index in [0.29, 0.717) is 58.1 Å². The van der Waals surface area contributed by atoms with Crippen molar-refractivity contribution in [1.29, 1.82) is 0 Å². The van der Waals surface area contributed by atoms with E-state index in [4.69, 9.17) is 9.15 Å². The Morgan fingerprint density at radius 3 is 2.59 bits per heavy atom. The maximum Gasteiger partial charge on any atom is 0.227 e. The molecule has 29 heavy (non-hydrogen) atoms. The normalized spacial score (nSPS) is 22.3. The molecule has 0 aliphatic carbocycles. The second-order valence-corrected chi connectivity index (χ2v) is 7.58. The molecular formula is C22H27N3O4. The number of rotatable bonds is 5. The van der Waals surface area contributed by atoms with Crippen LogP contribution in [0.1, 0.15) is 12.2 Å². The molecule has 7 heteroatoms. The Morgan fingerprint density at radius 1 is 1.03 bits per heavy atom. The lowest BCUT2D eigenvalue weighted by Crippen LogP contribution is -2.51. The molecule has 154 valence electrons. The van der Waals surface area contributed by atoms with Crippen LogP contribution in [-0.4, -0.2) is 56.1 Å². The topological polar surface area (TPSA) is 83.8 Å². The first-order chi connectivity index (χ1) is 14.2. The molecule has 0 bridgehead atoms. The number of morpholine rings is 1. The van der Waals surface area contributed by atoms with Crippen LogP contribution >= 0.6 is 0 Å². The lowest BCUT2D eigenvalue weighted by Gasteiger charge is -2.34. The Labute approximate surface area is 170 Å². The van der Waals surface area contributed by atoms with E-state index in [1.807, 2.05) is 47.4 Å². The van der Waals surface area contributed by atoms with E-state index < -0.39 is 0 Å². The highest BCUT2D eigenvalue weighted by molar-refractivity contribution is 5.83. The van der Waals surface area contributed by atoms with Gasteiger partial charge in [0.2, 0.25) is 11.8 Å². The number of hydrogen-bond donors (Lipinski definition) is 2. The fourth-order valence-electron chi connectivity index (χ4n) is 3.92. The summed E-state index contributed by atoms with van der Waals surface area (Å²) in [7, 11) is 0. The summed E-state index contributed by atoms with van der Waals surface area (Å²) < 4.78 is 11.2. The minimum absolute atomic E-state index is 0.0466. The molecule has 2 fully saturated rings. The summed E-state index contributed by atoms with van der Waals surface area (Å²) in [5.41, 5.74) is 1.01. The number of carbonyl (C=O) groups excluding carboxylic acids is 2. The molecule has 3 heterocycles. The molecule has 7 nitrogen and oxygen atoms in total. The van der Waals surface area contributed by atoms with Gasteiger partial charge in [0.15, 0.2) is 0 Å². The second kappa shape index (κ2) is 9.24. The van der Waals surface area contributed by atoms with Gasteiger partial charge in [0, 0.05) is 31.7 Å². The Bertz CT molecular complexity index is 830. The summed E-state index contributed by atoms with van der Waals surface area (Å²) in [6.45, 7) is 3.99. The molecule has 0 radical (unpaired) electrons. The van der Waals surface area contributed by atoms with Crippen LogP contribution in [-0.2, 0) is 20.9 Å². The highest BCUT2D eigenvalue weighted by Crippen LogP contribution is 2.22. The van der Waals surface area contributed by atoms with Crippen molar-refractivity contribution in [3.63, 3.8) is 0 Å². The number of nitrogens with one attached hydrogen (secondary N) is 2. The minimum Gasteiger partial charge on any atom is -0.459 e. The fraction of sp³-hybridized carbons (Fsp3) is 0.455. The number of carbonyl (C=O) groups is 2. The minimum atomic E-state index is -0.220. The van der Waals surface area contributed by atoms with Crippen molar-refractivity contribution >= 4 is 11.8 Å². The zero-order valence-corrected chi connectivity index (χ0v) is 16.4. The third-order valence-electron chi connectivity index (χ3n) is 5.55. The second-order valence-electron chi connectivity index (χ2n) is 7.58. The number of nitrogens with zero attached hydrogens (tertiary/aromatic N) is 1. The third kappa shape index (κ3) is 4.86. The first-order valence-electron chi connectivity index (χ1n) is 10.2. The van der Waals surface area contributed by atoms with Gasteiger partial charge in [-0.3, -0.25) is 9.59 Å². The lowest BCUT2D eigenvalue weighted by molar-refractivity contribution is -0.141. The summed E-state index contributed by atoms with van der Waals surface area (Å²) in [4.78, 5) is 27.2. The van der Waals surface area contributed by atoms with Gasteiger partial charge in [-0.05, 0) is 18.6 Å². The van der Waals surface area contributed by atoms with Crippen LogP contribution in [0.2, 0.25) is 0 Å². The molecule has 0 spiro atoms. The van der Waals surface area contributed by atoms with E-state index in [9.17, 15) is 9.59 Å². The van der Waals surface area contributed by atoms with Crippen LogP contribution in [0.5, 0.6) is 0 Å². The van der Waals surface area contributed by atoms with Crippen LogP contribution in [0, 0.1) is 11.8 Å². The van der Waals surface area contributed by atoms with Gasteiger partial charge in [-0.15, -0.1) is 0 Å². The van der Waals surface area contributed by atoms with Crippen LogP contribution in [0.25, 0.3) is 11.3 Å². The summed E-state index contributed by atoms with van der Waals surface area (Å²) in [5.74, 6) is 1.19. The number of amides is 2. The quantitative estimate of drug-likeness (QED) is 0.802. The van der Waals surface area contributed by atoms with Gasteiger partial charge in [0.05, 0.1) is 31.6 Å². The predicted octanol–water partition coefficient (Wildman–Crippen LogP) is 1.65. The summed E-state index contributed by atoms with van der Waals surface area (Å²) in [6, 6.07) is 13.7. The molecule has 2 unspecified atom stereocenters. The zero-order valence-electron chi connectivity index (χ0n) is 16.4. The molecule has 1 aromatic carbocycles. The number of benzene rings is 1. The van der Waals surface area contributed by atoms with Crippen molar-refractivity contribution in [2.45, 2.75) is 13.0 Å². The van der Waals surface area contributed by atoms with E-state index in [1.165, 1.54) is 0 Å². The lowest BCUT2D eigenvalue weighted by atomic mass is 9.88. The largest absolute Gasteiger partial charge is 0.459 e. The predicted molar refractivity (Wildman–Crippen MR) is 108 cm³/mol. The summed E-state index contributed by atoms with van der Waals surface area (Å²) >= 11 is 0. The van der Waals surface area contributed by atoms with E-state index in [0.717, 1.165) is 11.3 Å². The molecule has 2 atom stereocenters. The molecule has 2 saturated heterocycles. The molecule has 2 aliphatic rings. The van der Waals surface area contributed by atoms with Gasteiger partial charge in [-0.25, -0.2) is 0 Å². The maximum atomic E-state index is 12.7. The molecule has 2 N–H and O–H groups in total. The molecule has 2 aliphatic heterocycles. The van der Waals surface area contributed by atoms with Crippen LogP contribution in [0.15, 0.2) is 46.9 Å². The fourth-order valence-corrected chi connectivity index (χ4v) is 3.92. The van der Waals surface area contributed by atoms with Gasteiger partial charge in [-0.2, -0.15) is 0 Å². The smallest absolute Gasteiger partial charge is 0.227 e. The van der Waals surface area contributed by atoms with Crippen molar-refractivity contribution < 1.29 is 18.7 Å². The first kappa shape index (κ1) is 19.7. The van der Waals surface area contributed by atoms with E-state index in [1.54, 1.807) is 0 Å². The van der Waals surface area contributed by atoms with Crippen molar-refractivity contribution in [1.82, 2.24) is 15.5 Å². The number of hydrogen-bond acceptors (Lipinski definition) is 5. The van der Waals surface area contributed by atoms with Gasteiger partial charge in [-0.1, -0.05) is 30.3 Å². The highest BCUT2D eigenvalue weighted by Gasteiger charge is 2.33. The highest BCUT2D eigenvalue weighted by atomic mass is 16.5. The van der Waals surface area contributed by atoms with Crippen LogP contribution < -0.4 is 10.6 Å². The number of furan rings is 1. The molecule has 2 amide bonds. The van der Waals surface area contributed by atoms with Crippen LogP contribution in [0.4, 0.5) is 0 Å². The Balaban J connectivity index is 1.29. The number of ether oxygens (including phenoxy) is 1. The molecule has 4 rings (SSSR count). The number of piperidine rings is 1. The van der Waals surface area contributed by atoms with E-state index in [2.05, 4.69) is 10.6 Å². The average Bonchev–Trinajstić information content (AvgIpc) is 3.27. The summed E-state index contributed by atoms with van der Waals surface area (Å²) in [5, 5.41) is 6.20. The van der Waals surface area contributed by atoms with Gasteiger partial charge < -0.3 is 24.7 Å². The van der Waals surface area contributed by atoms with Crippen molar-refractivity contribution in [3.8, 4) is 11.3 Å². The molecular weight excluding hydrogens is 370 g/mol. The van der Waals surface area contributed by atoms with Crippen molar-refractivity contribution in [2.24, 2.45) is 11.8 Å². The zero-order chi connectivity index (χ0) is 20.1. The van der Waals surface area contributed by atoms with Gasteiger partial charge >= 0.3 is 0 Å². The van der Waals surface area contributed by atoms with Crippen LogP contribution in [0.3, 0.4) is 0 Å². The SMILES string of the molecule is O=C(NCc1ccc(-c2ccccc2)o1)C1CNCC(C(=O)N2CCOCC2)C1. The molecule has 2 aromatic rings. The van der Waals surface area contributed by atoms with Crippen molar-refractivity contribution in [3.05, 3.63) is 48.2 Å². The molecule has 0 saturated carbocycles. The summed E-state index contributed by atoms with van der Waals surface area (Å²) in [6.07, 6.45) is 0.572. The van der Waals surface area contributed by atoms with E-state index in [-0.39, 0.29) is 23.7 Å². The first-order valence-corrected chi connectivity index (χ1v) is 10.2. The third-order valence-corrected chi connectivity index (χ3v) is 5.55. The standard InChI is InChI=1S/C22H27N3O4/c26-21(24-15-19-6-7-20(29-19)16-4-2-1-3-5-16)17-12-18(14-23-13-17)22(27)25-8-10-28-11-9-25/h1-7,17-18,23H,8-15H2,(H,24,26). The molecule has 1 aromatic heterocycles. The van der Waals surface area contributed by atoms with Crippen molar-refractivity contribution in [2.75, 3.05) is 39.4 Å². The Morgan fingerprint density at radius 2 is 1.79 bits per heavy atom. The van der Waals surface area contributed by atoms with Gasteiger partial charge in [0.1, 0.15) is 11.5 Å². The average molecular weight is 397 g/mol. The Kier molecular flexibility index (Phi) is 6.27.